The molecule has 4 nitrogen and oxygen atoms in total. The maximum absolute atomic E-state index is 9.71. The lowest BCUT2D eigenvalue weighted by Gasteiger charge is -2.34. The zero-order chi connectivity index (χ0) is 29.1. The molecular formula is C38H19BN4S. The summed E-state index contributed by atoms with van der Waals surface area (Å²) in [7, 11) is 0. The zero-order valence-electron chi connectivity index (χ0n) is 23.2. The average molecular weight is 574 g/mol. The van der Waals surface area contributed by atoms with Gasteiger partial charge in [0.05, 0.1) is 45.5 Å². The van der Waals surface area contributed by atoms with Gasteiger partial charge in [0.1, 0.15) is 0 Å². The third-order valence-corrected chi connectivity index (χ3v) is 10.6. The molecule has 0 saturated carbocycles. The van der Waals surface area contributed by atoms with Gasteiger partial charge in [0.2, 0.25) is 6.71 Å². The third-order valence-electron chi connectivity index (χ3n) is 9.43. The molecular weight excluding hydrogens is 555 g/mol. The number of nitriles is 2. The molecule has 8 aromatic rings. The van der Waals surface area contributed by atoms with Gasteiger partial charge >= 0.3 is 0 Å². The Kier molecular flexibility index (Phi) is 4.58. The Morgan fingerprint density at radius 3 is 2.00 bits per heavy atom. The number of fused-ring (bicyclic) bond motifs is 10. The van der Waals surface area contributed by atoms with Crippen molar-refractivity contribution in [3.63, 3.8) is 0 Å². The van der Waals surface area contributed by atoms with Gasteiger partial charge < -0.3 is 9.13 Å². The SMILES string of the molecule is N#Cc1ccc2c(c1)c1ccccc1n2-c1ccc2c3c1Sc1ccccc1B3c1cccc3c4cc(C#N)ccc4n-2c13. The predicted octanol–water partition coefficient (Wildman–Crippen LogP) is 6.92. The van der Waals surface area contributed by atoms with E-state index in [2.05, 4.69) is 112 Å². The molecule has 2 aliphatic rings. The van der Waals surface area contributed by atoms with Crippen molar-refractivity contribution in [3.8, 4) is 23.5 Å². The molecule has 0 spiro atoms. The summed E-state index contributed by atoms with van der Waals surface area (Å²) < 4.78 is 4.79. The van der Waals surface area contributed by atoms with E-state index < -0.39 is 0 Å². The lowest BCUT2D eigenvalue weighted by Crippen LogP contribution is -2.58. The fourth-order valence-corrected chi connectivity index (χ4v) is 8.95. The van der Waals surface area contributed by atoms with Gasteiger partial charge in [0.15, 0.2) is 0 Å². The minimum Gasteiger partial charge on any atom is -0.310 e. The lowest BCUT2D eigenvalue weighted by atomic mass is 9.35. The van der Waals surface area contributed by atoms with E-state index in [9.17, 15) is 10.5 Å². The number of benzene rings is 6. The number of hydrogen-bond donors (Lipinski definition) is 0. The fraction of sp³-hybridized carbons (Fsp3) is 0. The van der Waals surface area contributed by atoms with Gasteiger partial charge in [0, 0.05) is 42.5 Å². The molecule has 0 atom stereocenters. The Morgan fingerprint density at radius 1 is 0.545 bits per heavy atom. The van der Waals surface area contributed by atoms with Crippen LogP contribution < -0.4 is 16.4 Å². The molecule has 200 valence electrons. The lowest BCUT2D eigenvalue weighted by molar-refractivity contribution is 1.10. The van der Waals surface area contributed by atoms with Gasteiger partial charge in [-0.3, -0.25) is 0 Å². The molecule has 0 aliphatic carbocycles. The molecule has 0 saturated heterocycles. The van der Waals surface area contributed by atoms with Crippen molar-refractivity contribution in [1.82, 2.24) is 9.13 Å². The third kappa shape index (κ3) is 2.88. The first-order chi connectivity index (χ1) is 21.7. The summed E-state index contributed by atoms with van der Waals surface area (Å²) in [6.45, 7) is 0.0756. The molecule has 0 fully saturated rings. The standard InChI is InChI=1S/C38H19BN4S/c40-20-22-12-14-31-26(18-22)24-6-1-3-10-30(24)42(31)34-17-16-33-36-38(34)44-35-11-4-2-8-28(35)39(36)29-9-5-7-25-27-19-23(21-41)13-15-32(27)43(33)37(25)29/h1-19H. The van der Waals surface area contributed by atoms with Crippen molar-refractivity contribution in [1.29, 1.82) is 10.5 Å². The van der Waals surface area contributed by atoms with E-state index in [0.29, 0.717) is 11.1 Å². The topological polar surface area (TPSA) is 57.4 Å². The number of hydrogen-bond acceptors (Lipinski definition) is 3. The Labute approximate surface area is 257 Å². The summed E-state index contributed by atoms with van der Waals surface area (Å²) in [5.41, 5.74) is 12.1. The van der Waals surface area contributed by atoms with Crippen LogP contribution >= 0.6 is 11.8 Å². The highest BCUT2D eigenvalue weighted by atomic mass is 32.2. The highest BCUT2D eigenvalue weighted by Gasteiger charge is 2.40. The van der Waals surface area contributed by atoms with Crippen molar-refractivity contribution in [2.24, 2.45) is 0 Å². The minimum atomic E-state index is 0.0756. The van der Waals surface area contributed by atoms with E-state index in [4.69, 9.17) is 0 Å². The minimum absolute atomic E-state index is 0.0756. The second-order valence-corrected chi connectivity index (χ2v) is 12.6. The van der Waals surface area contributed by atoms with Crippen molar-refractivity contribution in [2.75, 3.05) is 0 Å². The summed E-state index contributed by atoms with van der Waals surface area (Å²) in [5.74, 6) is 0. The Morgan fingerprint density at radius 2 is 1.18 bits per heavy atom. The van der Waals surface area contributed by atoms with Crippen LogP contribution in [0.1, 0.15) is 11.1 Å². The summed E-state index contributed by atoms with van der Waals surface area (Å²) in [6, 6.07) is 45.2. The second-order valence-electron chi connectivity index (χ2n) is 11.5. The van der Waals surface area contributed by atoms with Crippen LogP contribution in [-0.4, -0.2) is 15.8 Å². The van der Waals surface area contributed by atoms with E-state index in [1.54, 1.807) is 0 Å². The molecule has 0 radical (unpaired) electrons. The summed E-state index contributed by atoms with van der Waals surface area (Å²) in [4.78, 5) is 2.51. The van der Waals surface area contributed by atoms with Crippen LogP contribution in [0.2, 0.25) is 0 Å². The molecule has 0 unspecified atom stereocenters. The van der Waals surface area contributed by atoms with E-state index >= 15 is 0 Å². The van der Waals surface area contributed by atoms with E-state index in [1.165, 1.54) is 42.8 Å². The van der Waals surface area contributed by atoms with Gasteiger partial charge in [-0.25, -0.2) is 0 Å². The van der Waals surface area contributed by atoms with Crippen molar-refractivity contribution in [3.05, 3.63) is 126 Å². The largest absolute Gasteiger partial charge is 0.310 e. The molecule has 2 aromatic heterocycles. The maximum atomic E-state index is 9.71. The zero-order valence-corrected chi connectivity index (χ0v) is 24.1. The molecule has 0 bridgehead atoms. The second kappa shape index (κ2) is 8.45. The Hall–Kier alpha value is -5.69. The van der Waals surface area contributed by atoms with E-state index in [1.807, 2.05) is 36.0 Å². The molecule has 0 amide bonds. The van der Waals surface area contributed by atoms with Crippen molar-refractivity contribution >= 4 is 78.5 Å². The van der Waals surface area contributed by atoms with Crippen molar-refractivity contribution < 1.29 is 0 Å². The highest BCUT2D eigenvalue weighted by molar-refractivity contribution is 8.00. The van der Waals surface area contributed by atoms with Crippen LogP contribution in [-0.2, 0) is 0 Å². The van der Waals surface area contributed by atoms with E-state index in [0.717, 1.165) is 38.4 Å². The predicted molar refractivity (Wildman–Crippen MR) is 180 cm³/mol. The number of para-hydroxylation sites is 2. The molecule has 4 heterocycles. The normalized spacial score (nSPS) is 12.8. The number of nitrogens with zero attached hydrogens (tertiary/aromatic N) is 4. The van der Waals surface area contributed by atoms with E-state index in [-0.39, 0.29) is 6.71 Å². The average Bonchev–Trinajstić information content (AvgIpc) is 3.59. The van der Waals surface area contributed by atoms with Gasteiger partial charge in [-0.15, -0.1) is 0 Å². The summed E-state index contributed by atoms with van der Waals surface area (Å²) >= 11 is 1.85. The quantitative estimate of drug-likeness (QED) is 0.200. The monoisotopic (exact) mass is 574 g/mol. The molecule has 6 aromatic carbocycles. The molecule has 44 heavy (non-hydrogen) atoms. The van der Waals surface area contributed by atoms with Gasteiger partial charge in [-0.1, -0.05) is 71.8 Å². The van der Waals surface area contributed by atoms with Crippen LogP contribution in [0.25, 0.3) is 55.0 Å². The molecule has 2 aliphatic heterocycles. The summed E-state index contributed by atoms with van der Waals surface area (Å²) in [6.07, 6.45) is 0. The Balaban J connectivity index is 1.37. The van der Waals surface area contributed by atoms with Crippen LogP contribution in [0.15, 0.2) is 125 Å². The highest BCUT2D eigenvalue weighted by Crippen LogP contribution is 2.43. The van der Waals surface area contributed by atoms with Crippen LogP contribution in [0.4, 0.5) is 0 Å². The van der Waals surface area contributed by atoms with Crippen LogP contribution in [0.5, 0.6) is 0 Å². The van der Waals surface area contributed by atoms with Gasteiger partial charge in [-0.05, 0) is 71.6 Å². The Bertz CT molecular complexity index is 2680. The number of rotatable bonds is 1. The molecule has 0 N–H and O–H groups in total. The molecule has 6 heteroatoms. The number of aromatic nitrogens is 2. The first-order valence-electron chi connectivity index (χ1n) is 14.6. The smallest absolute Gasteiger partial charge is 0.249 e. The van der Waals surface area contributed by atoms with Gasteiger partial charge in [0.25, 0.3) is 0 Å². The summed E-state index contributed by atoms with van der Waals surface area (Å²) in [5, 5.41) is 23.9. The first kappa shape index (κ1) is 23.8. The first-order valence-corrected chi connectivity index (χ1v) is 15.4. The van der Waals surface area contributed by atoms with Crippen molar-refractivity contribution in [2.45, 2.75) is 9.79 Å². The fourth-order valence-electron chi connectivity index (χ4n) is 7.69. The van der Waals surface area contributed by atoms with Crippen LogP contribution in [0, 0.1) is 22.7 Å². The van der Waals surface area contributed by atoms with Crippen LogP contribution in [0.3, 0.4) is 0 Å². The van der Waals surface area contributed by atoms with Gasteiger partial charge in [-0.2, -0.15) is 10.5 Å². The maximum Gasteiger partial charge on any atom is 0.249 e. The molecule has 10 rings (SSSR count).